The topological polar surface area (TPSA) is 50.8 Å². The summed E-state index contributed by atoms with van der Waals surface area (Å²) in [6, 6.07) is 11.1. The Bertz CT molecular complexity index is 949. The summed E-state index contributed by atoms with van der Waals surface area (Å²) in [6.45, 7) is 0.300. The first-order valence-corrected chi connectivity index (χ1v) is 9.53. The predicted octanol–water partition coefficient (Wildman–Crippen LogP) is 4.38. The molecule has 0 aliphatic carbocycles. The fourth-order valence-corrected chi connectivity index (χ4v) is 3.48. The molecule has 1 amide bonds. The summed E-state index contributed by atoms with van der Waals surface area (Å²) in [5.41, 5.74) is 2.04. The van der Waals surface area contributed by atoms with Gasteiger partial charge in [-0.05, 0) is 58.0 Å². The highest BCUT2D eigenvalue weighted by Gasteiger charge is 2.27. The predicted molar refractivity (Wildman–Crippen MR) is 113 cm³/mol. The van der Waals surface area contributed by atoms with E-state index >= 15 is 0 Å². The molecule has 0 bridgehead atoms. The Labute approximate surface area is 176 Å². The van der Waals surface area contributed by atoms with Gasteiger partial charge in [-0.3, -0.25) is 9.69 Å². The third kappa shape index (κ3) is 4.26. The summed E-state index contributed by atoms with van der Waals surface area (Å²) < 4.78 is 12.1. The van der Waals surface area contributed by atoms with Gasteiger partial charge in [0.1, 0.15) is 12.3 Å². The molecule has 27 heavy (non-hydrogen) atoms. The highest BCUT2D eigenvalue weighted by Crippen LogP contribution is 2.38. The Morgan fingerprint density at radius 3 is 2.70 bits per heavy atom. The van der Waals surface area contributed by atoms with Crippen molar-refractivity contribution in [3.63, 3.8) is 0 Å². The maximum Gasteiger partial charge on any atom is 0.276 e. The molecule has 5 nitrogen and oxygen atoms in total. The van der Waals surface area contributed by atoms with Gasteiger partial charge in [0.25, 0.3) is 5.91 Å². The number of rotatable bonds is 5. The number of carbonyl (C=O) groups excluding carboxylic acids is 1. The molecule has 0 unspecified atom stereocenters. The number of carbonyl (C=O) groups is 1. The molecule has 0 radical (unpaired) electrons. The monoisotopic (exact) mass is 466 g/mol. The van der Waals surface area contributed by atoms with E-state index in [1.807, 2.05) is 30.3 Å². The van der Waals surface area contributed by atoms with Crippen molar-refractivity contribution >= 4 is 56.8 Å². The van der Waals surface area contributed by atoms with Gasteiger partial charge in [0.2, 0.25) is 0 Å². The highest BCUT2D eigenvalue weighted by atomic mass is 79.9. The van der Waals surface area contributed by atoms with Crippen molar-refractivity contribution in [3.05, 3.63) is 62.7 Å². The number of halogens is 2. The van der Waals surface area contributed by atoms with Crippen LogP contribution in [0.3, 0.4) is 0 Å². The molecule has 1 aliphatic heterocycles. The van der Waals surface area contributed by atoms with Gasteiger partial charge in [0.05, 0.1) is 11.6 Å². The van der Waals surface area contributed by atoms with Crippen LogP contribution in [0.2, 0.25) is 5.02 Å². The summed E-state index contributed by atoms with van der Waals surface area (Å²) in [7, 11) is 3.18. The first-order valence-electron chi connectivity index (χ1n) is 7.95. The molecule has 1 N–H and O–H groups in total. The summed E-state index contributed by atoms with van der Waals surface area (Å²) in [6.07, 6.45) is 1.71. The van der Waals surface area contributed by atoms with Crippen LogP contribution in [0, 0.1) is 0 Å². The van der Waals surface area contributed by atoms with Gasteiger partial charge in [-0.2, -0.15) is 0 Å². The Morgan fingerprint density at radius 1 is 1.33 bits per heavy atom. The lowest BCUT2D eigenvalue weighted by atomic mass is 10.1. The van der Waals surface area contributed by atoms with E-state index in [0.29, 0.717) is 38.4 Å². The van der Waals surface area contributed by atoms with Gasteiger partial charge in [-0.25, -0.2) is 0 Å². The fraction of sp³-hybridized carbons (Fsp3) is 0.158. The molecule has 1 aliphatic rings. The van der Waals surface area contributed by atoms with Crippen molar-refractivity contribution in [2.75, 3.05) is 14.2 Å². The molecule has 1 heterocycles. The smallest absolute Gasteiger partial charge is 0.276 e. The number of nitrogens with zero attached hydrogens (tertiary/aromatic N) is 1. The Kier molecular flexibility index (Phi) is 6.04. The van der Waals surface area contributed by atoms with Crippen LogP contribution in [0.25, 0.3) is 6.08 Å². The normalized spacial score (nSPS) is 15.3. The molecular formula is C19H16BrClN2O3S. The van der Waals surface area contributed by atoms with Gasteiger partial charge in [-0.15, -0.1) is 0 Å². The quantitative estimate of drug-likeness (QED) is 0.522. The maximum absolute atomic E-state index is 12.1. The first-order chi connectivity index (χ1) is 12.9. The third-order valence-electron chi connectivity index (χ3n) is 3.97. The standard InChI is InChI=1S/C19H16BrClN2O3S/c1-23-18(24)15(22-19(23)27)8-11-7-13(20)17(16(9-11)25-2)26-10-12-5-3-4-6-14(12)21/h3-9H,10H2,1-2H3,(H,22,27)/b15-8-. The second-order valence-corrected chi connectivity index (χ2v) is 7.41. The van der Waals surface area contributed by atoms with E-state index in [4.69, 9.17) is 33.3 Å². The second-order valence-electron chi connectivity index (χ2n) is 5.77. The molecule has 140 valence electrons. The molecule has 0 saturated carbocycles. The Morgan fingerprint density at radius 2 is 2.07 bits per heavy atom. The molecule has 1 fully saturated rings. The number of hydrogen-bond donors (Lipinski definition) is 1. The SMILES string of the molecule is COc1cc(/C=C2\NC(=S)N(C)C2=O)cc(Br)c1OCc1ccccc1Cl. The van der Waals surface area contributed by atoms with Crippen LogP contribution in [0.5, 0.6) is 11.5 Å². The van der Waals surface area contributed by atoms with Crippen LogP contribution in [0.15, 0.2) is 46.6 Å². The van der Waals surface area contributed by atoms with Gasteiger partial charge in [0.15, 0.2) is 16.6 Å². The van der Waals surface area contributed by atoms with Crippen LogP contribution in [-0.4, -0.2) is 30.1 Å². The molecule has 2 aromatic carbocycles. The average Bonchev–Trinajstić information content (AvgIpc) is 2.88. The van der Waals surface area contributed by atoms with E-state index in [1.54, 1.807) is 26.3 Å². The van der Waals surface area contributed by atoms with Crippen molar-refractivity contribution in [1.29, 1.82) is 0 Å². The second kappa shape index (κ2) is 8.29. The molecular weight excluding hydrogens is 452 g/mol. The summed E-state index contributed by atoms with van der Waals surface area (Å²) >= 11 is 14.8. The zero-order valence-electron chi connectivity index (χ0n) is 14.6. The number of nitrogens with one attached hydrogen (secondary N) is 1. The summed E-state index contributed by atoms with van der Waals surface area (Å²) in [4.78, 5) is 13.5. The molecule has 0 aromatic heterocycles. The van der Waals surface area contributed by atoms with E-state index in [9.17, 15) is 4.79 Å². The minimum Gasteiger partial charge on any atom is -0.493 e. The van der Waals surface area contributed by atoms with Gasteiger partial charge in [0, 0.05) is 17.6 Å². The minimum atomic E-state index is -0.186. The van der Waals surface area contributed by atoms with Crippen LogP contribution < -0.4 is 14.8 Å². The zero-order valence-corrected chi connectivity index (χ0v) is 17.7. The van der Waals surface area contributed by atoms with Crippen LogP contribution in [0.1, 0.15) is 11.1 Å². The minimum absolute atomic E-state index is 0.186. The number of ether oxygens (including phenoxy) is 2. The lowest BCUT2D eigenvalue weighted by Crippen LogP contribution is -2.25. The third-order valence-corrected chi connectivity index (χ3v) is 5.31. The van der Waals surface area contributed by atoms with Gasteiger partial charge in [-0.1, -0.05) is 29.8 Å². The molecule has 0 atom stereocenters. The fourth-order valence-electron chi connectivity index (χ4n) is 2.52. The average molecular weight is 468 g/mol. The Balaban J connectivity index is 1.87. The van der Waals surface area contributed by atoms with Gasteiger partial charge >= 0.3 is 0 Å². The molecule has 1 saturated heterocycles. The van der Waals surface area contributed by atoms with Crippen molar-refractivity contribution in [2.45, 2.75) is 6.61 Å². The molecule has 3 rings (SSSR count). The number of benzene rings is 2. The molecule has 8 heteroatoms. The number of amides is 1. The van der Waals surface area contributed by atoms with Crippen molar-refractivity contribution in [3.8, 4) is 11.5 Å². The lowest BCUT2D eigenvalue weighted by Gasteiger charge is -2.14. The lowest BCUT2D eigenvalue weighted by molar-refractivity contribution is -0.121. The van der Waals surface area contributed by atoms with Crippen LogP contribution >= 0.6 is 39.7 Å². The van der Waals surface area contributed by atoms with Crippen LogP contribution in [0.4, 0.5) is 0 Å². The van der Waals surface area contributed by atoms with Crippen molar-refractivity contribution in [2.24, 2.45) is 0 Å². The van der Waals surface area contributed by atoms with Crippen molar-refractivity contribution < 1.29 is 14.3 Å². The molecule has 0 spiro atoms. The summed E-state index contributed by atoms with van der Waals surface area (Å²) in [5.74, 6) is 0.900. The largest absolute Gasteiger partial charge is 0.493 e. The molecule has 2 aromatic rings. The maximum atomic E-state index is 12.1. The number of methoxy groups -OCH3 is 1. The zero-order chi connectivity index (χ0) is 19.6. The summed E-state index contributed by atoms with van der Waals surface area (Å²) in [5, 5.41) is 3.90. The highest BCUT2D eigenvalue weighted by molar-refractivity contribution is 9.10. The van der Waals surface area contributed by atoms with E-state index in [1.165, 1.54) is 4.90 Å². The number of thiocarbonyl (C=S) groups is 1. The van der Waals surface area contributed by atoms with E-state index in [2.05, 4.69) is 21.2 Å². The van der Waals surface area contributed by atoms with E-state index in [-0.39, 0.29) is 5.91 Å². The van der Waals surface area contributed by atoms with E-state index < -0.39 is 0 Å². The van der Waals surface area contributed by atoms with Crippen molar-refractivity contribution in [1.82, 2.24) is 10.2 Å². The van der Waals surface area contributed by atoms with E-state index in [0.717, 1.165) is 11.1 Å². The van der Waals surface area contributed by atoms with Gasteiger partial charge < -0.3 is 14.8 Å². The number of likely N-dealkylation sites (N-methyl/N-ethyl adjacent to an activating group) is 1. The van der Waals surface area contributed by atoms with Crippen LogP contribution in [-0.2, 0) is 11.4 Å². The number of hydrogen-bond acceptors (Lipinski definition) is 4. The first kappa shape index (κ1) is 19.7. The Hall–Kier alpha value is -2.09.